The fourth-order valence-corrected chi connectivity index (χ4v) is 2.82. The zero-order chi connectivity index (χ0) is 16.1. The molecule has 0 aliphatic carbocycles. The first-order valence-electron chi connectivity index (χ1n) is 7.65. The molecule has 0 bridgehead atoms. The molecule has 0 spiro atoms. The molecule has 2 rings (SSSR count). The van der Waals surface area contributed by atoms with E-state index in [9.17, 15) is 13.6 Å². The Labute approximate surface area is 129 Å². The number of hydrogen-bond donors (Lipinski definition) is 1. The van der Waals surface area contributed by atoms with Crippen molar-refractivity contribution in [3.8, 4) is 0 Å². The molecule has 1 fully saturated rings. The van der Waals surface area contributed by atoms with Gasteiger partial charge in [0.25, 0.3) is 6.43 Å². The number of anilines is 1. The normalized spacial score (nSPS) is 18.5. The van der Waals surface area contributed by atoms with Gasteiger partial charge >= 0.3 is 6.03 Å². The van der Waals surface area contributed by atoms with Crippen molar-refractivity contribution < 1.29 is 13.6 Å². The second-order valence-electron chi connectivity index (χ2n) is 5.35. The van der Waals surface area contributed by atoms with Gasteiger partial charge in [0, 0.05) is 31.4 Å². The van der Waals surface area contributed by atoms with E-state index in [-0.39, 0.29) is 6.03 Å². The lowest BCUT2D eigenvalue weighted by Crippen LogP contribution is -2.39. The molecular formula is C14H23F2N5O. The van der Waals surface area contributed by atoms with Crippen LogP contribution >= 0.6 is 0 Å². The molecule has 1 N–H and O–H groups in total. The number of likely N-dealkylation sites (N-methyl/N-ethyl adjacent to an activating group) is 1. The summed E-state index contributed by atoms with van der Waals surface area (Å²) in [5, 5.41) is 6.58. The molecule has 1 aliphatic heterocycles. The summed E-state index contributed by atoms with van der Waals surface area (Å²) in [6, 6.07) is 1.69. The second-order valence-corrected chi connectivity index (χ2v) is 5.35. The SMILES string of the molecule is CCN(CC)[C@H]1CCN(C(=O)Nc2ccn(CC(F)F)n2)C1. The lowest BCUT2D eigenvalue weighted by Gasteiger charge is -2.26. The first-order valence-corrected chi connectivity index (χ1v) is 7.65. The van der Waals surface area contributed by atoms with Crippen LogP contribution in [0.1, 0.15) is 20.3 Å². The Morgan fingerprint density at radius 1 is 1.50 bits per heavy atom. The lowest BCUT2D eigenvalue weighted by atomic mass is 10.2. The summed E-state index contributed by atoms with van der Waals surface area (Å²) in [5.74, 6) is 0.303. The number of rotatable bonds is 6. The highest BCUT2D eigenvalue weighted by atomic mass is 19.3. The van der Waals surface area contributed by atoms with Gasteiger partial charge in [-0.3, -0.25) is 14.9 Å². The summed E-state index contributed by atoms with van der Waals surface area (Å²) in [4.78, 5) is 16.3. The van der Waals surface area contributed by atoms with Crippen LogP contribution in [-0.4, -0.2) is 64.3 Å². The van der Waals surface area contributed by atoms with Crippen LogP contribution in [0.25, 0.3) is 0 Å². The topological polar surface area (TPSA) is 53.4 Å². The van der Waals surface area contributed by atoms with Crippen LogP contribution < -0.4 is 5.32 Å². The third-order valence-corrected chi connectivity index (χ3v) is 3.98. The number of alkyl halides is 2. The Bertz CT molecular complexity index is 489. The summed E-state index contributed by atoms with van der Waals surface area (Å²) < 4.78 is 25.7. The summed E-state index contributed by atoms with van der Waals surface area (Å²) in [7, 11) is 0. The molecule has 22 heavy (non-hydrogen) atoms. The molecule has 1 aliphatic rings. The standard InChI is InChI=1S/C14H23F2N5O/c1-3-19(4-2)11-5-7-20(9-11)14(22)17-13-6-8-21(18-13)10-12(15)16/h6,8,11-12H,3-5,7,9-10H2,1-2H3,(H,17,18,22)/t11-/m0/s1. The van der Waals surface area contributed by atoms with Crippen LogP contribution in [0.5, 0.6) is 0 Å². The van der Waals surface area contributed by atoms with E-state index >= 15 is 0 Å². The van der Waals surface area contributed by atoms with Crippen LogP contribution in [-0.2, 0) is 6.54 Å². The minimum Gasteiger partial charge on any atom is -0.323 e. The maximum absolute atomic E-state index is 12.3. The summed E-state index contributed by atoms with van der Waals surface area (Å²) in [5.41, 5.74) is 0. The number of hydrogen-bond acceptors (Lipinski definition) is 3. The van der Waals surface area contributed by atoms with Gasteiger partial charge < -0.3 is 4.90 Å². The molecule has 1 saturated heterocycles. The average Bonchev–Trinajstić information content (AvgIpc) is 3.09. The van der Waals surface area contributed by atoms with Gasteiger partial charge in [0.1, 0.15) is 6.54 Å². The largest absolute Gasteiger partial charge is 0.323 e. The van der Waals surface area contributed by atoms with Crippen LogP contribution in [0.2, 0.25) is 0 Å². The minimum absolute atomic E-state index is 0.225. The average molecular weight is 315 g/mol. The molecule has 0 unspecified atom stereocenters. The zero-order valence-corrected chi connectivity index (χ0v) is 13.0. The predicted molar refractivity (Wildman–Crippen MR) is 80.1 cm³/mol. The molecular weight excluding hydrogens is 292 g/mol. The van der Waals surface area contributed by atoms with E-state index in [1.54, 1.807) is 4.90 Å². The minimum atomic E-state index is -2.46. The molecule has 0 saturated carbocycles. The zero-order valence-electron chi connectivity index (χ0n) is 13.0. The molecule has 0 radical (unpaired) electrons. The molecule has 2 heterocycles. The van der Waals surface area contributed by atoms with E-state index in [1.807, 2.05) is 0 Å². The van der Waals surface area contributed by atoms with Gasteiger partial charge in [-0.1, -0.05) is 13.8 Å². The number of likely N-dealkylation sites (tertiary alicyclic amines) is 1. The van der Waals surface area contributed by atoms with Gasteiger partial charge in [0.2, 0.25) is 0 Å². The number of halogens is 2. The Hall–Kier alpha value is -1.70. The number of aromatic nitrogens is 2. The van der Waals surface area contributed by atoms with Crippen LogP contribution in [0.15, 0.2) is 12.3 Å². The smallest absolute Gasteiger partial charge is 0.323 e. The van der Waals surface area contributed by atoms with Crippen molar-refractivity contribution in [3.63, 3.8) is 0 Å². The van der Waals surface area contributed by atoms with Gasteiger partial charge in [0.15, 0.2) is 5.82 Å². The van der Waals surface area contributed by atoms with Gasteiger partial charge in [0.05, 0.1) is 0 Å². The van der Waals surface area contributed by atoms with E-state index < -0.39 is 13.0 Å². The van der Waals surface area contributed by atoms with Gasteiger partial charge in [-0.15, -0.1) is 0 Å². The first-order chi connectivity index (χ1) is 10.5. The van der Waals surface area contributed by atoms with Crippen LogP contribution in [0.3, 0.4) is 0 Å². The lowest BCUT2D eigenvalue weighted by molar-refractivity contribution is 0.122. The fraction of sp³-hybridized carbons (Fsp3) is 0.714. The number of carbonyl (C=O) groups is 1. The molecule has 1 atom stereocenters. The van der Waals surface area contributed by atoms with Crippen molar-refractivity contribution >= 4 is 11.8 Å². The molecule has 2 amide bonds. The Kier molecular flexibility index (Phi) is 5.70. The third kappa shape index (κ3) is 4.16. The van der Waals surface area contributed by atoms with Gasteiger partial charge in [-0.2, -0.15) is 5.10 Å². The first kappa shape index (κ1) is 16.7. The van der Waals surface area contributed by atoms with E-state index in [0.717, 1.165) is 24.2 Å². The molecule has 1 aromatic heterocycles. The van der Waals surface area contributed by atoms with Crippen molar-refractivity contribution in [2.24, 2.45) is 0 Å². The number of amides is 2. The molecule has 6 nitrogen and oxygen atoms in total. The highest BCUT2D eigenvalue weighted by Crippen LogP contribution is 2.16. The molecule has 124 valence electrons. The van der Waals surface area contributed by atoms with Crippen molar-refractivity contribution in [2.75, 3.05) is 31.5 Å². The maximum atomic E-state index is 12.3. The van der Waals surface area contributed by atoms with Crippen molar-refractivity contribution in [2.45, 2.75) is 39.3 Å². The van der Waals surface area contributed by atoms with Crippen molar-refractivity contribution in [1.82, 2.24) is 19.6 Å². The molecule has 1 aromatic rings. The quantitative estimate of drug-likeness (QED) is 0.874. The number of carbonyl (C=O) groups excluding carboxylic acids is 1. The Morgan fingerprint density at radius 3 is 2.86 bits per heavy atom. The van der Waals surface area contributed by atoms with Crippen molar-refractivity contribution in [3.05, 3.63) is 12.3 Å². The summed E-state index contributed by atoms with van der Waals surface area (Å²) >= 11 is 0. The van der Waals surface area contributed by atoms with Crippen LogP contribution in [0, 0.1) is 0 Å². The molecule has 0 aromatic carbocycles. The van der Waals surface area contributed by atoms with Crippen LogP contribution in [0.4, 0.5) is 19.4 Å². The van der Waals surface area contributed by atoms with Gasteiger partial charge in [-0.05, 0) is 19.5 Å². The van der Waals surface area contributed by atoms with E-state index in [4.69, 9.17) is 0 Å². The van der Waals surface area contributed by atoms with E-state index in [2.05, 4.69) is 29.2 Å². The van der Waals surface area contributed by atoms with Crippen molar-refractivity contribution in [1.29, 1.82) is 0 Å². The second kappa shape index (κ2) is 7.53. The van der Waals surface area contributed by atoms with Gasteiger partial charge in [-0.25, -0.2) is 13.6 Å². The Morgan fingerprint density at radius 2 is 2.23 bits per heavy atom. The number of nitrogens with zero attached hydrogens (tertiary/aromatic N) is 4. The number of urea groups is 1. The molecule has 8 heteroatoms. The third-order valence-electron chi connectivity index (χ3n) is 3.98. The highest BCUT2D eigenvalue weighted by molar-refractivity contribution is 5.88. The maximum Gasteiger partial charge on any atom is 0.323 e. The van der Waals surface area contributed by atoms with E-state index in [1.165, 1.54) is 12.3 Å². The number of nitrogens with one attached hydrogen (secondary N) is 1. The Balaban J connectivity index is 1.86. The monoisotopic (exact) mass is 315 g/mol. The summed E-state index contributed by atoms with van der Waals surface area (Å²) in [6.45, 7) is 7.08. The van der Waals surface area contributed by atoms with E-state index in [0.29, 0.717) is 24.9 Å². The predicted octanol–water partition coefficient (Wildman–Crippen LogP) is 2.10. The highest BCUT2D eigenvalue weighted by Gasteiger charge is 2.29. The summed E-state index contributed by atoms with van der Waals surface area (Å²) in [6.07, 6.45) is -0.0730. The fourth-order valence-electron chi connectivity index (χ4n) is 2.82.